The maximum Gasteiger partial charge on any atom is 0.228 e. The molecule has 9 heteroatoms. The van der Waals surface area contributed by atoms with E-state index in [1.54, 1.807) is 11.8 Å². The van der Waals surface area contributed by atoms with Crippen LogP contribution in [0.3, 0.4) is 0 Å². The van der Waals surface area contributed by atoms with E-state index in [1.165, 1.54) is 25.7 Å². The van der Waals surface area contributed by atoms with Crippen molar-refractivity contribution in [2.45, 2.75) is 57.1 Å². The Bertz CT molecular complexity index is 1100. The number of hydrogen-bond donors (Lipinski definition) is 1. The number of nitrogens with one attached hydrogen (secondary N) is 1. The Hall–Kier alpha value is -2.81. The van der Waals surface area contributed by atoms with Crippen LogP contribution < -0.4 is 10.2 Å². The van der Waals surface area contributed by atoms with Gasteiger partial charge in [0.25, 0.3) is 0 Å². The van der Waals surface area contributed by atoms with E-state index >= 15 is 0 Å². The van der Waals surface area contributed by atoms with E-state index in [0.717, 1.165) is 47.0 Å². The quantitative estimate of drug-likeness (QED) is 0.519. The van der Waals surface area contributed by atoms with Gasteiger partial charge in [0.1, 0.15) is 0 Å². The Morgan fingerprint density at radius 1 is 1.12 bits per heavy atom. The Balaban J connectivity index is 1.21. The first-order valence-electron chi connectivity index (χ1n) is 11.4. The lowest BCUT2D eigenvalue weighted by Crippen LogP contribution is -2.22. The number of benzene rings is 1. The maximum atomic E-state index is 12.7. The SMILES string of the molecule is Cc1nn(-c2ccccc2)c(C)c1NC(=O)CCSc1nnc(N2CCCC2)n1C1CC1. The summed E-state index contributed by atoms with van der Waals surface area (Å²) >= 11 is 1.63. The van der Waals surface area contributed by atoms with E-state index in [4.69, 9.17) is 0 Å². The second-order valence-corrected chi connectivity index (χ2v) is 9.58. The minimum atomic E-state index is -0.00596. The minimum absolute atomic E-state index is 0.00596. The Morgan fingerprint density at radius 3 is 2.59 bits per heavy atom. The van der Waals surface area contributed by atoms with Gasteiger partial charge in [-0.3, -0.25) is 9.36 Å². The molecule has 1 aliphatic carbocycles. The molecule has 0 atom stereocenters. The zero-order valence-electron chi connectivity index (χ0n) is 18.6. The van der Waals surface area contributed by atoms with Crippen LogP contribution >= 0.6 is 11.8 Å². The molecule has 1 saturated carbocycles. The van der Waals surface area contributed by atoms with Gasteiger partial charge in [0, 0.05) is 31.3 Å². The molecule has 1 aliphatic heterocycles. The lowest BCUT2D eigenvalue weighted by molar-refractivity contribution is -0.115. The molecular weight excluding hydrogens is 422 g/mol. The number of rotatable bonds is 8. The first-order valence-corrected chi connectivity index (χ1v) is 12.3. The largest absolute Gasteiger partial charge is 0.341 e. The molecule has 0 radical (unpaired) electrons. The third-order valence-electron chi connectivity index (χ3n) is 6.06. The molecule has 1 aromatic carbocycles. The van der Waals surface area contributed by atoms with Crippen molar-refractivity contribution in [1.82, 2.24) is 24.5 Å². The fraction of sp³-hybridized carbons (Fsp3) is 0.478. The zero-order chi connectivity index (χ0) is 22.1. The van der Waals surface area contributed by atoms with Crippen LogP contribution in [0.25, 0.3) is 5.69 Å². The first kappa shape index (κ1) is 21.1. The smallest absolute Gasteiger partial charge is 0.228 e. The fourth-order valence-electron chi connectivity index (χ4n) is 4.23. The highest BCUT2D eigenvalue weighted by molar-refractivity contribution is 7.99. The van der Waals surface area contributed by atoms with Gasteiger partial charge in [-0.2, -0.15) is 5.10 Å². The molecule has 5 rings (SSSR count). The fourth-order valence-corrected chi connectivity index (χ4v) is 5.17. The van der Waals surface area contributed by atoms with E-state index in [-0.39, 0.29) is 5.91 Å². The molecule has 2 aromatic heterocycles. The van der Waals surface area contributed by atoms with Crippen LogP contribution in [0.15, 0.2) is 35.5 Å². The summed E-state index contributed by atoms with van der Waals surface area (Å²) in [7, 11) is 0. The molecule has 3 aromatic rings. The molecule has 168 valence electrons. The second kappa shape index (κ2) is 8.97. The Kier molecular flexibility index (Phi) is 5.91. The van der Waals surface area contributed by atoms with Gasteiger partial charge >= 0.3 is 0 Å². The molecule has 1 saturated heterocycles. The zero-order valence-corrected chi connectivity index (χ0v) is 19.4. The van der Waals surface area contributed by atoms with Gasteiger partial charge in [0.2, 0.25) is 11.9 Å². The topological polar surface area (TPSA) is 80.9 Å². The van der Waals surface area contributed by atoms with Gasteiger partial charge < -0.3 is 10.2 Å². The van der Waals surface area contributed by atoms with E-state index in [0.29, 0.717) is 18.2 Å². The highest BCUT2D eigenvalue weighted by Gasteiger charge is 2.32. The van der Waals surface area contributed by atoms with Gasteiger partial charge in [0.05, 0.1) is 22.8 Å². The molecular formula is C23H29N7OS. The van der Waals surface area contributed by atoms with Crippen molar-refractivity contribution in [3.63, 3.8) is 0 Å². The number of nitrogens with zero attached hydrogens (tertiary/aromatic N) is 6. The van der Waals surface area contributed by atoms with Crippen LogP contribution in [-0.4, -0.2) is 49.3 Å². The van der Waals surface area contributed by atoms with Gasteiger partial charge in [0.15, 0.2) is 5.16 Å². The number of aromatic nitrogens is 5. The van der Waals surface area contributed by atoms with Crippen LogP contribution in [0, 0.1) is 13.8 Å². The molecule has 2 aliphatic rings. The summed E-state index contributed by atoms with van der Waals surface area (Å²) in [6.07, 6.45) is 5.24. The van der Waals surface area contributed by atoms with Crippen molar-refractivity contribution < 1.29 is 4.79 Å². The van der Waals surface area contributed by atoms with E-state index in [9.17, 15) is 4.79 Å². The predicted octanol–water partition coefficient (Wildman–Crippen LogP) is 4.14. The summed E-state index contributed by atoms with van der Waals surface area (Å²) < 4.78 is 4.17. The van der Waals surface area contributed by atoms with Crippen LogP contribution in [0.2, 0.25) is 0 Å². The second-order valence-electron chi connectivity index (χ2n) is 8.52. The first-order chi connectivity index (χ1) is 15.6. The third kappa shape index (κ3) is 4.26. The Labute approximate surface area is 192 Å². The molecule has 32 heavy (non-hydrogen) atoms. The van der Waals surface area contributed by atoms with Gasteiger partial charge in [-0.25, -0.2) is 4.68 Å². The number of carbonyl (C=O) groups excluding carboxylic acids is 1. The number of carbonyl (C=O) groups is 1. The number of anilines is 2. The molecule has 1 N–H and O–H groups in total. The van der Waals surface area contributed by atoms with Crippen molar-refractivity contribution in [3.05, 3.63) is 41.7 Å². The van der Waals surface area contributed by atoms with Crippen molar-refractivity contribution in [2.75, 3.05) is 29.1 Å². The predicted molar refractivity (Wildman–Crippen MR) is 127 cm³/mol. The van der Waals surface area contributed by atoms with Crippen molar-refractivity contribution in [3.8, 4) is 5.69 Å². The number of para-hydroxylation sites is 1. The van der Waals surface area contributed by atoms with Crippen molar-refractivity contribution in [2.24, 2.45) is 0 Å². The average Bonchev–Trinajstić information content (AvgIpc) is 3.20. The highest BCUT2D eigenvalue weighted by Crippen LogP contribution is 2.41. The molecule has 3 heterocycles. The van der Waals surface area contributed by atoms with Crippen LogP contribution in [0.4, 0.5) is 11.6 Å². The molecule has 0 unspecified atom stereocenters. The number of amides is 1. The van der Waals surface area contributed by atoms with Crippen LogP contribution in [0.1, 0.15) is 49.5 Å². The summed E-state index contributed by atoms with van der Waals surface area (Å²) in [5.74, 6) is 1.67. The molecule has 2 fully saturated rings. The van der Waals surface area contributed by atoms with Gasteiger partial charge in [-0.05, 0) is 51.7 Å². The van der Waals surface area contributed by atoms with Crippen molar-refractivity contribution in [1.29, 1.82) is 0 Å². The lowest BCUT2D eigenvalue weighted by atomic mass is 10.3. The molecule has 0 spiro atoms. The monoisotopic (exact) mass is 451 g/mol. The van der Waals surface area contributed by atoms with E-state index in [1.807, 2.05) is 48.9 Å². The number of hydrogen-bond acceptors (Lipinski definition) is 6. The van der Waals surface area contributed by atoms with Crippen LogP contribution in [0.5, 0.6) is 0 Å². The molecule has 1 amide bonds. The third-order valence-corrected chi connectivity index (χ3v) is 7.01. The Morgan fingerprint density at radius 2 is 1.88 bits per heavy atom. The summed E-state index contributed by atoms with van der Waals surface area (Å²) in [6, 6.07) is 10.5. The molecule has 0 bridgehead atoms. The summed E-state index contributed by atoms with van der Waals surface area (Å²) in [6.45, 7) is 6.03. The molecule has 8 nitrogen and oxygen atoms in total. The average molecular weight is 452 g/mol. The van der Waals surface area contributed by atoms with Gasteiger partial charge in [-0.15, -0.1) is 10.2 Å². The number of thioether (sulfide) groups is 1. The summed E-state index contributed by atoms with van der Waals surface area (Å²) in [5.41, 5.74) is 3.52. The summed E-state index contributed by atoms with van der Waals surface area (Å²) in [5, 5.41) is 17.6. The number of aryl methyl sites for hydroxylation is 1. The van der Waals surface area contributed by atoms with Crippen molar-refractivity contribution >= 4 is 29.3 Å². The summed E-state index contributed by atoms with van der Waals surface area (Å²) in [4.78, 5) is 15.0. The van der Waals surface area contributed by atoms with E-state index in [2.05, 4.69) is 30.1 Å². The maximum absolute atomic E-state index is 12.7. The minimum Gasteiger partial charge on any atom is -0.341 e. The van der Waals surface area contributed by atoms with Crippen LogP contribution in [-0.2, 0) is 4.79 Å². The van der Waals surface area contributed by atoms with Gasteiger partial charge in [-0.1, -0.05) is 30.0 Å². The highest BCUT2D eigenvalue weighted by atomic mass is 32.2. The standard InChI is InChI=1S/C23H29N7OS/c1-16-21(17(2)30(27-16)19-8-4-3-5-9-19)24-20(31)12-15-32-23-26-25-22(28-13-6-7-14-28)29(23)18-10-11-18/h3-5,8-9,18H,6-7,10-15H2,1-2H3,(H,24,31). The van der Waals surface area contributed by atoms with E-state index < -0.39 is 0 Å². The normalized spacial score (nSPS) is 16.0. The lowest BCUT2D eigenvalue weighted by Gasteiger charge is -2.17.